The van der Waals surface area contributed by atoms with E-state index in [9.17, 15) is 14.7 Å². The zero-order valence-electron chi connectivity index (χ0n) is 15.8. The van der Waals surface area contributed by atoms with E-state index in [-0.39, 0.29) is 11.7 Å². The quantitative estimate of drug-likeness (QED) is 0.488. The fourth-order valence-electron chi connectivity index (χ4n) is 2.43. The summed E-state index contributed by atoms with van der Waals surface area (Å²) in [6.07, 6.45) is 1.30. The molecule has 0 spiro atoms. The molecule has 0 saturated heterocycles. The van der Waals surface area contributed by atoms with Gasteiger partial charge in [0.05, 0.1) is 13.3 Å². The average Bonchev–Trinajstić information content (AvgIpc) is 2.66. The fourth-order valence-corrected chi connectivity index (χ4v) is 2.62. The van der Waals surface area contributed by atoms with E-state index in [4.69, 9.17) is 16.3 Å². The predicted octanol–water partition coefficient (Wildman–Crippen LogP) is 2.96. The summed E-state index contributed by atoms with van der Waals surface area (Å²) in [5.74, 6) is -0.861. The summed E-state index contributed by atoms with van der Waals surface area (Å²) in [5.41, 5.74) is 3.12. The molecule has 0 heterocycles. The van der Waals surface area contributed by atoms with Crippen molar-refractivity contribution >= 4 is 29.6 Å². The number of methoxy groups -OCH3 is 1. The van der Waals surface area contributed by atoms with E-state index in [1.807, 2.05) is 0 Å². The maximum absolute atomic E-state index is 12.5. The summed E-state index contributed by atoms with van der Waals surface area (Å²) in [6, 6.07) is 10.6. The summed E-state index contributed by atoms with van der Waals surface area (Å²) in [6.45, 7) is 3.61. The molecule has 0 radical (unpaired) electrons. The number of aromatic hydroxyl groups is 1. The number of hydrogen-bond donors (Lipinski definition) is 3. The number of nitrogens with one attached hydrogen (secondary N) is 2. The Bertz CT molecular complexity index is 884. The highest BCUT2D eigenvalue weighted by molar-refractivity contribution is 6.31. The number of rotatable bonds is 7. The molecule has 0 fully saturated rings. The molecule has 0 saturated carbocycles. The number of ether oxygens (including phenoxy) is 1. The summed E-state index contributed by atoms with van der Waals surface area (Å²) in [5, 5.41) is 17.0. The monoisotopic (exact) mass is 403 g/mol. The van der Waals surface area contributed by atoms with Gasteiger partial charge in [0.25, 0.3) is 11.8 Å². The molecule has 1 atom stereocenters. The fraction of sp³-hybridized carbons (Fsp3) is 0.250. The van der Waals surface area contributed by atoms with Gasteiger partial charge in [0.15, 0.2) is 11.5 Å². The van der Waals surface area contributed by atoms with Crippen LogP contribution in [0.3, 0.4) is 0 Å². The van der Waals surface area contributed by atoms with Gasteiger partial charge in [0.2, 0.25) is 0 Å². The van der Waals surface area contributed by atoms with E-state index in [0.717, 1.165) is 0 Å². The van der Waals surface area contributed by atoms with Crippen LogP contribution < -0.4 is 15.5 Å². The molecule has 2 amide bonds. The number of carbonyl (C=O) groups excluding carboxylic acids is 2. The summed E-state index contributed by atoms with van der Waals surface area (Å²) >= 11 is 5.90. The van der Waals surface area contributed by atoms with E-state index in [2.05, 4.69) is 15.8 Å². The van der Waals surface area contributed by atoms with Gasteiger partial charge in [-0.1, -0.05) is 37.6 Å². The first-order valence-corrected chi connectivity index (χ1v) is 8.96. The molecule has 8 heteroatoms. The Balaban J connectivity index is 2.06. The van der Waals surface area contributed by atoms with E-state index in [1.165, 1.54) is 19.4 Å². The van der Waals surface area contributed by atoms with Crippen molar-refractivity contribution in [3.8, 4) is 11.5 Å². The standard InChI is InChI=1S/C20H22ClN3O4/c1-12(2)17(23-19(26)13-6-4-8-15(21)10-13)20(27)24-22-11-14-7-5-9-16(28-3)18(14)25/h4-12,17,25H,1-3H3,(H,23,26)(H,24,27)/b22-11+. The molecular formula is C20H22ClN3O4. The molecule has 2 aromatic rings. The van der Waals surface area contributed by atoms with Crippen molar-refractivity contribution in [2.75, 3.05) is 7.11 Å². The molecule has 7 nitrogen and oxygen atoms in total. The van der Waals surface area contributed by atoms with Crippen molar-refractivity contribution in [2.45, 2.75) is 19.9 Å². The molecule has 1 unspecified atom stereocenters. The van der Waals surface area contributed by atoms with Crippen LogP contribution in [0.25, 0.3) is 0 Å². The van der Waals surface area contributed by atoms with Crippen molar-refractivity contribution in [2.24, 2.45) is 11.0 Å². The third kappa shape index (κ3) is 5.47. The Morgan fingerprint density at radius 3 is 2.57 bits per heavy atom. The van der Waals surface area contributed by atoms with Crippen LogP contribution >= 0.6 is 11.6 Å². The SMILES string of the molecule is COc1cccc(/C=N/NC(=O)C(NC(=O)c2cccc(Cl)c2)C(C)C)c1O. The number of carbonyl (C=O) groups is 2. The van der Waals surface area contributed by atoms with Gasteiger partial charge >= 0.3 is 0 Å². The number of hydrazone groups is 1. The van der Waals surface area contributed by atoms with Crippen molar-refractivity contribution in [1.82, 2.24) is 10.7 Å². The highest BCUT2D eigenvalue weighted by atomic mass is 35.5. The minimum atomic E-state index is -0.803. The zero-order chi connectivity index (χ0) is 20.7. The Kier molecular flexibility index (Phi) is 7.40. The van der Waals surface area contributed by atoms with Crippen molar-refractivity contribution in [3.05, 3.63) is 58.6 Å². The van der Waals surface area contributed by atoms with Gasteiger partial charge in [-0.3, -0.25) is 9.59 Å². The first-order chi connectivity index (χ1) is 13.3. The maximum Gasteiger partial charge on any atom is 0.262 e. The second kappa shape index (κ2) is 9.75. The van der Waals surface area contributed by atoms with Crippen LogP contribution in [0.15, 0.2) is 47.6 Å². The van der Waals surface area contributed by atoms with Crippen LogP contribution in [0, 0.1) is 5.92 Å². The Hall–Kier alpha value is -3.06. The molecule has 3 N–H and O–H groups in total. The van der Waals surface area contributed by atoms with Gasteiger partial charge in [-0.2, -0.15) is 5.10 Å². The van der Waals surface area contributed by atoms with Crippen molar-refractivity contribution < 1.29 is 19.4 Å². The van der Waals surface area contributed by atoms with E-state index >= 15 is 0 Å². The minimum Gasteiger partial charge on any atom is -0.504 e. The smallest absolute Gasteiger partial charge is 0.262 e. The maximum atomic E-state index is 12.5. The number of nitrogens with zero attached hydrogens (tertiary/aromatic N) is 1. The number of hydrogen-bond acceptors (Lipinski definition) is 5. The third-order valence-corrected chi connectivity index (χ3v) is 4.19. The minimum absolute atomic E-state index is 0.0855. The van der Waals surface area contributed by atoms with Crippen LogP contribution in [0.4, 0.5) is 0 Å². The van der Waals surface area contributed by atoms with Gasteiger partial charge in [-0.25, -0.2) is 5.43 Å². The normalized spacial score (nSPS) is 12.0. The van der Waals surface area contributed by atoms with Crippen molar-refractivity contribution in [1.29, 1.82) is 0 Å². The second-order valence-electron chi connectivity index (χ2n) is 6.34. The lowest BCUT2D eigenvalue weighted by Gasteiger charge is -2.20. The second-order valence-corrected chi connectivity index (χ2v) is 6.77. The van der Waals surface area contributed by atoms with Crippen molar-refractivity contribution in [3.63, 3.8) is 0 Å². The molecule has 0 aliphatic heterocycles. The highest BCUT2D eigenvalue weighted by Gasteiger charge is 2.24. The van der Waals surface area contributed by atoms with Crippen LogP contribution in [-0.2, 0) is 4.79 Å². The third-order valence-electron chi connectivity index (χ3n) is 3.95. The lowest BCUT2D eigenvalue weighted by molar-refractivity contribution is -0.123. The molecule has 148 valence electrons. The van der Waals surface area contributed by atoms with Crippen LogP contribution in [0.5, 0.6) is 11.5 Å². The molecule has 0 aliphatic carbocycles. The van der Waals surface area contributed by atoms with Crippen LogP contribution in [-0.4, -0.2) is 36.3 Å². The number of phenolic OH excluding ortho intramolecular Hbond substituents is 1. The first-order valence-electron chi connectivity index (χ1n) is 8.58. The summed E-state index contributed by atoms with van der Waals surface area (Å²) < 4.78 is 5.02. The predicted molar refractivity (Wildman–Crippen MR) is 108 cm³/mol. The largest absolute Gasteiger partial charge is 0.504 e. The number of amides is 2. The van der Waals surface area contributed by atoms with E-state index in [1.54, 1.807) is 50.2 Å². The first kappa shape index (κ1) is 21.2. The molecule has 2 rings (SSSR count). The van der Waals surface area contributed by atoms with Gasteiger partial charge in [-0.05, 0) is 36.2 Å². The summed E-state index contributed by atoms with van der Waals surface area (Å²) in [4.78, 5) is 24.9. The zero-order valence-corrected chi connectivity index (χ0v) is 16.5. The molecule has 0 aromatic heterocycles. The topological polar surface area (TPSA) is 100 Å². The van der Waals surface area contributed by atoms with E-state index < -0.39 is 17.9 Å². The number of phenols is 1. The molecule has 28 heavy (non-hydrogen) atoms. The van der Waals surface area contributed by atoms with Crippen LogP contribution in [0.2, 0.25) is 5.02 Å². The lowest BCUT2D eigenvalue weighted by Crippen LogP contribution is -2.48. The number of benzene rings is 2. The van der Waals surface area contributed by atoms with Gasteiger partial charge in [-0.15, -0.1) is 0 Å². The Morgan fingerprint density at radius 2 is 1.93 bits per heavy atom. The Labute approximate surface area is 168 Å². The molecule has 2 aromatic carbocycles. The average molecular weight is 404 g/mol. The highest BCUT2D eigenvalue weighted by Crippen LogP contribution is 2.27. The van der Waals surface area contributed by atoms with Gasteiger partial charge in [0.1, 0.15) is 6.04 Å². The lowest BCUT2D eigenvalue weighted by atomic mass is 10.0. The molecular weight excluding hydrogens is 382 g/mol. The van der Waals surface area contributed by atoms with Gasteiger partial charge in [0, 0.05) is 16.1 Å². The Morgan fingerprint density at radius 1 is 1.21 bits per heavy atom. The van der Waals surface area contributed by atoms with Crippen LogP contribution in [0.1, 0.15) is 29.8 Å². The molecule has 0 aliphatic rings. The molecule has 0 bridgehead atoms. The summed E-state index contributed by atoms with van der Waals surface area (Å²) in [7, 11) is 1.44. The number of halogens is 1. The number of para-hydroxylation sites is 1. The van der Waals surface area contributed by atoms with E-state index in [0.29, 0.717) is 21.9 Å². The van der Waals surface area contributed by atoms with Gasteiger partial charge < -0.3 is 15.2 Å².